The van der Waals surface area contributed by atoms with Crippen LogP contribution in [0.5, 0.6) is 0 Å². The predicted molar refractivity (Wildman–Crippen MR) is 128 cm³/mol. The Hall–Kier alpha value is -2.37. The van der Waals surface area contributed by atoms with Crippen molar-refractivity contribution in [2.75, 3.05) is 0 Å². The van der Waals surface area contributed by atoms with Gasteiger partial charge in [0.2, 0.25) is 0 Å². The lowest BCUT2D eigenvalue weighted by atomic mass is 9.43. The number of nitriles is 1. The molecule has 4 fully saturated rings. The molecule has 0 unspecified atom stereocenters. The van der Waals surface area contributed by atoms with E-state index in [2.05, 4.69) is 70.5 Å². The first-order chi connectivity index (χ1) is 15.2. The van der Waals surface area contributed by atoms with Gasteiger partial charge in [-0.3, -0.25) is 0 Å². The van der Waals surface area contributed by atoms with E-state index in [0.717, 1.165) is 29.2 Å². The minimum Gasteiger partial charge on any atom is -0.192 e. The summed E-state index contributed by atoms with van der Waals surface area (Å²) in [7, 11) is 0. The van der Waals surface area contributed by atoms with Gasteiger partial charge in [0.1, 0.15) is 0 Å². The lowest BCUT2D eigenvalue weighted by Crippen LogP contribution is -2.55. The third kappa shape index (κ3) is 2.31. The Morgan fingerprint density at radius 3 is 2.16 bits per heavy atom. The SMILES string of the molecule is N#Cc1ccc(-c2cccc3c2-c2ccc(Br)cc2C32C3CC4CC(C3)CC2C4)cc1. The molecule has 2 heteroatoms. The van der Waals surface area contributed by atoms with Crippen LogP contribution in [0.3, 0.4) is 0 Å². The van der Waals surface area contributed by atoms with E-state index in [-0.39, 0.29) is 5.41 Å². The van der Waals surface area contributed by atoms with Crippen molar-refractivity contribution in [3.63, 3.8) is 0 Å². The monoisotopic (exact) mass is 465 g/mol. The third-order valence-corrected chi connectivity index (χ3v) is 9.45. The molecular formula is C29H24BrN. The lowest BCUT2D eigenvalue weighted by molar-refractivity contribution is -0.0399. The number of halogens is 1. The summed E-state index contributed by atoms with van der Waals surface area (Å²) >= 11 is 3.81. The highest BCUT2D eigenvalue weighted by Gasteiger charge is 2.61. The number of rotatable bonds is 1. The highest BCUT2D eigenvalue weighted by molar-refractivity contribution is 9.10. The molecule has 5 aliphatic carbocycles. The molecule has 31 heavy (non-hydrogen) atoms. The maximum Gasteiger partial charge on any atom is 0.0991 e. The quantitative estimate of drug-likeness (QED) is 0.360. The zero-order valence-corrected chi connectivity index (χ0v) is 19.0. The summed E-state index contributed by atoms with van der Waals surface area (Å²) in [6.07, 6.45) is 7.09. The highest BCUT2D eigenvalue weighted by atomic mass is 79.9. The molecule has 0 atom stereocenters. The van der Waals surface area contributed by atoms with Crippen LogP contribution in [0.25, 0.3) is 22.3 Å². The van der Waals surface area contributed by atoms with Gasteiger partial charge in [-0.25, -0.2) is 0 Å². The van der Waals surface area contributed by atoms with E-state index in [9.17, 15) is 5.26 Å². The number of hydrogen-bond donors (Lipinski definition) is 0. The second kappa shape index (κ2) is 6.33. The smallest absolute Gasteiger partial charge is 0.0991 e. The Labute approximate surface area is 192 Å². The van der Waals surface area contributed by atoms with E-state index in [1.807, 2.05) is 12.1 Å². The molecule has 5 aliphatic rings. The number of fused-ring (bicyclic) bond motifs is 3. The zero-order chi connectivity index (χ0) is 20.7. The largest absolute Gasteiger partial charge is 0.192 e. The van der Waals surface area contributed by atoms with Crippen molar-refractivity contribution in [1.82, 2.24) is 0 Å². The summed E-state index contributed by atoms with van der Waals surface area (Å²) in [6, 6.07) is 24.4. The maximum absolute atomic E-state index is 9.24. The van der Waals surface area contributed by atoms with Crippen LogP contribution in [0.2, 0.25) is 0 Å². The van der Waals surface area contributed by atoms with Gasteiger partial charge in [-0.05, 0) is 113 Å². The molecule has 1 spiro atoms. The normalized spacial score (nSPS) is 31.5. The number of benzene rings is 3. The molecule has 3 aromatic carbocycles. The molecule has 152 valence electrons. The molecule has 0 radical (unpaired) electrons. The van der Waals surface area contributed by atoms with Gasteiger partial charge in [-0.1, -0.05) is 52.3 Å². The van der Waals surface area contributed by atoms with Crippen molar-refractivity contribution in [2.24, 2.45) is 23.7 Å². The van der Waals surface area contributed by atoms with Gasteiger partial charge in [-0.15, -0.1) is 0 Å². The fourth-order valence-corrected chi connectivity index (χ4v) is 8.54. The number of hydrogen-bond acceptors (Lipinski definition) is 1. The van der Waals surface area contributed by atoms with Crippen LogP contribution in [0, 0.1) is 35.0 Å². The summed E-state index contributed by atoms with van der Waals surface area (Å²) in [5.41, 5.74) is 9.47. The molecule has 4 saturated carbocycles. The Kier molecular flexibility index (Phi) is 3.72. The van der Waals surface area contributed by atoms with Gasteiger partial charge in [0.25, 0.3) is 0 Å². The van der Waals surface area contributed by atoms with E-state index in [4.69, 9.17) is 0 Å². The first kappa shape index (κ1) is 18.2. The van der Waals surface area contributed by atoms with Crippen LogP contribution in [-0.4, -0.2) is 0 Å². The summed E-state index contributed by atoms with van der Waals surface area (Å²) in [6.45, 7) is 0. The van der Waals surface area contributed by atoms with Crippen LogP contribution < -0.4 is 0 Å². The molecule has 0 heterocycles. The van der Waals surface area contributed by atoms with E-state index in [0.29, 0.717) is 0 Å². The van der Waals surface area contributed by atoms with Crippen molar-refractivity contribution < 1.29 is 0 Å². The van der Waals surface area contributed by atoms with Crippen molar-refractivity contribution in [3.05, 3.63) is 81.8 Å². The minimum absolute atomic E-state index is 0.185. The van der Waals surface area contributed by atoms with Crippen molar-refractivity contribution >= 4 is 15.9 Å². The Bertz CT molecular complexity index is 1230. The summed E-state index contributed by atoms with van der Waals surface area (Å²) < 4.78 is 1.20. The molecular weight excluding hydrogens is 442 g/mol. The second-order valence-electron chi connectivity index (χ2n) is 10.3. The topological polar surface area (TPSA) is 23.8 Å². The van der Waals surface area contributed by atoms with Crippen molar-refractivity contribution in [2.45, 2.75) is 37.5 Å². The first-order valence-corrected chi connectivity index (χ1v) is 12.4. The van der Waals surface area contributed by atoms with Crippen molar-refractivity contribution in [1.29, 1.82) is 5.26 Å². The average Bonchev–Trinajstić information content (AvgIpc) is 3.07. The summed E-state index contributed by atoms with van der Waals surface area (Å²) in [5.74, 6) is 3.45. The summed E-state index contributed by atoms with van der Waals surface area (Å²) in [5, 5.41) is 9.24. The molecule has 0 aromatic heterocycles. The zero-order valence-electron chi connectivity index (χ0n) is 17.4. The molecule has 0 N–H and O–H groups in total. The van der Waals surface area contributed by atoms with Crippen LogP contribution >= 0.6 is 15.9 Å². The molecule has 0 saturated heterocycles. The van der Waals surface area contributed by atoms with Gasteiger partial charge >= 0.3 is 0 Å². The Balaban J connectivity index is 1.52. The molecule has 1 nitrogen and oxygen atoms in total. The highest BCUT2D eigenvalue weighted by Crippen LogP contribution is 2.70. The Morgan fingerprint density at radius 2 is 1.48 bits per heavy atom. The van der Waals surface area contributed by atoms with E-state index in [1.54, 1.807) is 11.1 Å². The van der Waals surface area contributed by atoms with Crippen LogP contribution in [-0.2, 0) is 5.41 Å². The van der Waals surface area contributed by atoms with Gasteiger partial charge < -0.3 is 0 Å². The molecule has 3 aromatic rings. The first-order valence-electron chi connectivity index (χ1n) is 11.6. The third-order valence-electron chi connectivity index (χ3n) is 8.96. The lowest BCUT2D eigenvalue weighted by Gasteiger charge is -2.61. The molecule has 8 rings (SSSR count). The van der Waals surface area contributed by atoms with Crippen LogP contribution in [0.4, 0.5) is 0 Å². The van der Waals surface area contributed by atoms with E-state index < -0.39 is 0 Å². The van der Waals surface area contributed by atoms with Gasteiger partial charge in [0, 0.05) is 9.89 Å². The fourth-order valence-electron chi connectivity index (χ4n) is 8.18. The van der Waals surface area contributed by atoms with Gasteiger partial charge in [-0.2, -0.15) is 5.26 Å². The minimum atomic E-state index is 0.185. The standard InChI is InChI=1S/C29H24BrN/c30-23-8-9-25-27(15-23)29(21-11-18-10-19(13-21)14-22(29)12-18)26-3-1-2-24(28(25)26)20-6-4-17(16-31)5-7-20/h1-9,15,18-19,21-22H,10-14H2. The van der Waals surface area contributed by atoms with Gasteiger partial charge in [0.05, 0.1) is 11.6 Å². The average molecular weight is 466 g/mol. The Morgan fingerprint density at radius 1 is 0.774 bits per heavy atom. The second-order valence-corrected chi connectivity index (χ2v) is 11.2. The summed E-state index contributed by atoms with van der Waals surface area (Å²) in [4.78, 5) is 0. The predicted octanol–water partition coefficient (Wildman–Crippen LogP) is 7.71. The van der Waals surface area contributed by atoms with Crippen LogP contribution in [0.1, 0.15) is 48.8 Å². The van der Waals surface area contributed by atoms with Crippen LogP contribution in [0.15, 0.2) is 65.1 Å². The van der Waals surface area contributed by atoms with Gasteiger partial charge in [0.15, 0.2) is 0 Å². The maximum atomic E-state index is 9.24. The van der Waals surface area contributed by atoms with E-state index >= 15 is 0 Å². The van der Waals surface area contributed by atoms with Crippen molar-refractivity contribution in [3.8, 4) is 28.3 Å². The molecule has 4 bridgehead atoms. The fraction of sp³-hybridized carbons (Fsp3) is 0.345. The molecule has 0 amide bonds. The molecule has 0 aliphatic heterocycles. The van der Waals surface area contributed by atoms with E-state index in [1.165, 1.54) is 58.8 Å². The number of nitrogens with zero attached hydrogens (tertiary/aromatic N) is 1.